The van der Waals surface area contributed by atoms with Gasteiger partial charge in [0.1, 0.15) is 5.75 Å². The Balaban J connectivity index is 1.56. The number of hydrogen-bond donors (Lipinski definition) is 0. The molecule has 1 saturated heterocycles. The Hall–Kier alpha value is -2.44. The van der Waals surface area contributed by atoms with Crippen molar-refractivity contribution in [1.82, 2.24) is 9.47 Å². The molecule has 0 bridgehead atoms. The molecule has 33 heavy (non-hydrogen) atoms. The smallest absolute Gasteiger partial charge is 0.417 e. The summed E-state index contributed by atoms with van der Waals surface area (Å²) < 4.78 is 48.3. The molecule has 1 atom stereocenters. The minimum absolute atomic E-state index is 0.307. The third-order valence-electron chi connectivity index (χ3n) is 6.03. The third kappa shape index (κ3) is 5.74. The van der Waals surface area contributed by atoms with Crippen molar-refractivity contribution in [3.8, 4) is 17.0 Å². The van der Waals surface area contributed by atoms with Crippen molar-refractivity contribution in [2.75, 3.05) is 13.1 Å². The van der Waals surface area contributed by atoms with Gasteiger partial charge in [0.25, 0.3) is 0 Å². The molecule has 176 valence electrons. The molecule has 4 rings (SSSR count). The van der Waals surface area contributed by atoms with Gasteiger partial charge in [-0.25, -0.2) is 0 Å². The van der Waals surface area contributed by atoms with E-state index in [4.69, 9.17) is 16.3 Å². The minimum atomic E-state index is -4.51. The van der Waals surface area contributed by atoms with Crippen LogP contribution in [0.3, 0.4) is 0 Å². The molecule has 1 aliphatic rings. The Kier molecular flexibility index (Phi) is 7.35. The van der Waals surface area contributed by atoms with E-state index in [0.717, 1.165) is 31.5 Å². The molecule has 0 amide bonds. The highest BCUT2D eigenvalue weighted by molar-refractivity contribution is 6.31. The van der Waals surface area contributed by atoms with Crippen LogP contribution in [0.15, 0.2) is 60.8 Å². The second-order valence-electron chi connectivity index (χ2n) is 8.46. The first-order valence-corrected chi connectivity index (χ1v) is 11.7. The number of rotatable bonds is 7. The molecule has 2 aromatic carbocycles. The van der Waals surface area contributed by atoms with Gasteiger partial charge in [0, 0.05) is 19.2 Å². The van der Waals surface area contributed by atoms with Gasteiger partial charge in [-0.05, 0) is 73.5 Å². The number of alkyl halides is 3. The van der Waals surface area contributed by atoms with E-state index in [1.165, 1.54) is 30.9 Å². The van der Waals surface area contributed by atoms with Crippen molar-refractivity contribution >= 4 is 11.6 Å². The number of halogens is 4. The summed E-state index contributed by atoms with van der Waals surface area (Å²) in [5, 5.41) is -0.307. The summed E-state index contributed by atoms with van der Waals surface area (Å²) in [6.07, 6.45) is 1.40. The van der Waals surface area contributed by atoms with Crippen molar-refractivity contribution in [1.29, 1.82) is 0 Å². The molecule has 0 saturated carbocycles. The van der Waals surface area contributed by atoms with Crippen LogP contribution in [-0.4, -0.2) is 22.6 Å². The van der Waals surface area contributed by atoms with Crippen LogP contribution in [0.1, 0.15) is 50.0 Å². The average Bonchev–Trinajstić information content (AvgIpc) is 3.28. The lowest BCUT2D eigenvalue weighted by Crippen LogP contribution is -2.29. The van der Waals surface area contributed by atoms with Crippen molar-refractivity contribution in [3.05, 3.63) is 76.9 Å². The largest absolute Gasteiger partial charge is 0.470 e. The lowest BCUT2D eigenvalue weighted by atomic mass is 10.1. The van der Waals surface area contributed by atoms with Gasteiger partial charge in [-0.15, -0.1) is 0 Å². The number of aromatic nitrogens is 1. The van der Waals surface area contributed by atoms with Crippen LogP contribution in [-0.2, 0) is 12.7 Å². The Bertz CT molecular complexity index is 1070. The summed E-state index contributed by atoms with van der Waals surface area (Å²) in [6.45, 7) is 5.13. The van der Waals surface area contributed by atoms with E-state index in [1.807, 2.05) is 35.9 Å². The molecule has 2 heterocycles. The zero-order valence-electron chi connectivity index (χ0n) is 18.6. The Labute approximate surface area is 197 Å². The molecule has 0 N–H and O–H groups in total. The van der Waals surface area contributed by atoms with Crippen LogP contribution in [0.4, 0.5) is 13.2 Å². The van der Waals surface area contributed by atoms with Gasteiger partial charge in [-0.1, -0.05) is 43.1 Å². The second kappa shape index (κ2) is 10.2. The summed E-state index contributed by atoms with van der Waals surface area (Å²) >= 11 is 5.81. The first-order valence-electron chi connectivity index (χ1n) is 11.4. The third-order valence-corrected chi connectivity index (χ3v) is 6.36. The fraction of sp³-hybridized carbons (Fsp3) is 0.385. The van der Waals surface area contributed by atoms with Crippen molar-refractivity contribution in [2.45, 2.75) is 51.6 Å². The van der Waals surface area contributed by atoms with Gasteiger partial charge in [-0.2, -0.15) is 13.2 Å². The zero-order valence-corrected chi connectivity index (χ0v) is 19.4. The van der Waals surface area contributed by atoms with E-state index in [2.05, 4.69) is 17.0 Å². The van der Waals surface area contributed by atoms with E-state index in [9.17, 15) is 13.2 Å². The summed E-state index contributed by atoms with van der Waals surface area (Å²) in [5.74, 6) is 0.753. The van der Waals surface area contributed by atoms with E-state index in [1.54, 1.807) is 12.1 Å². The molecule has 1 fully saturated rings. The SMILES string of the molecule is CCC(Oc1cccc(CN2CCCCC2)c1)n1cccc1-c1ccc(Cl)c(C(F)(F)F)c1. The molecular formula is C26H28ClF3N2O. The monoisotopic (exact) mass is 476 g/mol. The molecule has 1 unspecified atom stereocenters. The number of benzene rings is 2. The fourth-order valence-electron chi connectivity index (χ4n) is 4.38. The molecule has 3 aromatic rings. The van der Waals surface area contributed by atoms with Crippen LogP contribution < -0.4 is 4.74 Å². The molecule has 3 nitrogen and oxygen atoms in total. The highest BCUT2D eigenvalue weighted by atomic mass is 35.5. The number of hydrogen-bond acceptors (Lipinski definition) is 2. The zero-order chi connectivity index (χ0) is 23.4. The van der Waals surface area contributed by atoms with Gasteiger partial charge < -0.3 is 9.30 Å². The quantitative estimate of drug-likeness (QED) is 0.346. The van der Waals surface area contributed by atoms with Crippen molar-refractivity contribution < 1.29 is 17.9 Å². The molecule has 0 radical (unpaired) electrons. The predicted molar refractivity (Wildman–Crippen MR) is 125 cm³/mol. The molecule has 0 aliphatic carbocycles. The first kappa shape index (κ1) is 23.7. The van der Waals surface area contributed by atoms with Gasteiger partial charge in [0.05, 0.1) is 16.3 Å². The number of piperidine rings is 1. The Morgan fingerprint density at radius 3 is 2.52 bits per heavy atom. The number of likely N-dealkylation sites (tertiary alicyclic amines) is 1. The van der Waals surface area contributed by atoms with Gasteiger partial charge >= 0.3 is 6.18 Å². The van der Waals surface area contributed by atoms with Crippen molar-refractivity contribution in [2.24, 2.45) is 0 Å². The fourth-order valence-corrected chi connectivity index (χ4v) is 4.60. The normalized spacial score (nSPS) is 16.0. The molecule has 7 heteroatoms. The maximum absolute atomic E-state index is 13.4. The van der Waals surface area contributed by atoms with E-state index >= 15 is 0 Å². The topological polar surface area (TPSA) is 17.4 Å². The van der Waals surface area contributed by atoms with Crippen LogP contribution >= 0.6 is 11.6 Å². The number of ether oxygens (including phenoxy) is 1. The minimum Gasteiger partial charge on any atom is -0.470 e. The summed E-state index contributed by atoms with van der Waals surface area (Å²) in [4.78, 5) is 2.46. The maximum Gasteiger partial charge on any atom is 0.417 e. The van der Waals surface area contributed by atoms with Crippen molar-refractivity contribution in [3.63, 3.8) is 0 Å². The van der Waals surface area contributed by atoms with Crippen LogP contribution in [0, 0.1) is 0 Å². The van der Waals surface area contributed by atoms with Crippen LogP contribution in [0.5, 0.6) is 5.75 Å². The first-order chi connectivity index (χ1) is 15.8. The molecule has 1 aromatic heterocycles. The van der Waals surface area contributed by atoms with Gasteiger partial charge in [0.15, 0.2) is 6.23 Å². The Morgan fingerprint density at radius 2 is 1.79 bits per heavy atom. The number of nitrogens with zero attached hydrogens (tertiary/aromatic N) is 2. The van der Waals surface area contributed by atoms with E-state index in [0.29, 0.717) is 17.7 Å². The molecule has 1 aliphatic heterocycles. The lowest BCUT2D eigenvalue weighted by Gasteiger charge is -2.27. The second-order valence-corrected chi connectivity index (χ2v) is 8.87. The predicted octanol–water partition coefficient (Wildman–Crippen LogP) is 7.80. The summed E-state index contributed by atoms with van der Waals surface area (Å²) in [5.41, 5.74) is 1.45. The highest BCUT2D eigenvalue weighted by Crippen LogP contribution is 2.38. The van der Waals surface area contributed by atoms with E-state index < -0.39 is 11.7 Å². The molecule has 0 spiro atoms. The highest BCUT2D eigenvalue weighted by Gasteiger charge is 2.33. The van der Waals surface area contributed by atoms with Gasteiger partial charge in [-0.3, -0.25) is 4.90 Å². The van der Waals surface area contributed by atoms with Crippen LogP contribution in [0.2, 0.25) is 5.02 Å². The van der Waals surface area contributed by atoms with E-state index in [-0.39, 0.29) is 11.3 Å². The molecular weight excluding hydrogens is 449 g/mol. The van der Waals surface area contributed by atoms with Crippen LogP contribution in [0.25, 0.3) is 11.3 Å². The standard InChI is InChI=1S/C26H28ClF3N2O/c1-2-25(33-21-9-6-8-19(16-21)18-31-13-4-3-5-14-31)32-15-7-10-24(32)20-11-12-23(27)22(17-20)26(28,29)30/h6-12,15-17,25H,2-5,13-14,18H2,1H3. The van der Waals surface area contributed by atoms with Gasteiger partial charge in [0.2, 0.25) is 0 Å². The lowest BCUT2D eigenvalue weighted by molar-refractivity contribution is -0.137. The average molecular weight is 477 g/mol. The Morgan fingerprint density at radius 1 is 1.00 bits per heavy atom. The summed E-state index contributed by atoms with van der Waals surface area (Å²) in [6, 6.07) is 15.7. The summed E-state index contributed by atoms with van der Waals surface area (Å²) in [7, 11) is 0. The maximum atomic E-state index is 13.4.